The number of hydrogen-bond acceptors (Lipinski definition) is 3. The van der Waals surface area contributed by atoms with E-state index in [0.717, 1.165) is 36.5 Å². The van der Waals surface area contributed by atoms with Gasteiger partial charge in [0.1, 0.15) is 11.6 Å². The molecule has 0 amide bonds. The molecular formula is C16H21FN2O. The summed E-state index contributed by atoms with van der Waals surface area (Å²) in [5.41, 5.74) is 2.12. The average molecular weight is 276 g/mol. The zero-order chi connectivity index (χ0) is 14.4. The van der Waals surface area contributed by atoms with E-state index in [1.165, 1.54) is 12.1 Å². The molecule has 3 nitrogen and oxygen atoms in total. The minimum Gasteiger partial charge on any atom is -0.467 e. The summed E-state index contributed by atoms with van der Waals surface area (Å²) in [5.74, 6) is 0.689. The monoisotopic (exact) mass is 276 g/mol. The average Bonchev–Trinajstić information content (AvgIpc) is 2.87. The maximum absolute atomic E-state index is 12.9. The highest BCUT2D eigenvalue weighted by Crippen LogP contribution is 2.17. The Morgan fingerprint density at radius 1 is 1.25 bits per heavy atom. The second-order valence-corrected chi connectivity index (χ2v) is 4.93. The second-order valence-electron chi connectivity index (χ2n) is 4.93. The first-order chi connectivity index (χ1) is 9.69. The number of anilines is 1. The molecule has 0 saturated heterocycles. The standard InChI is InChI=1S/C16H21FN2O/c1-3-8-18-10-13-9-16(20-12-13)11-19(2)15-6-4-14(17)5-7-15/h4-7,9,12,18H,3,8,10-11H2,1-2H3. The third-order valence-corrected chi connectivity index (χ3v) is 3.12. The molecule has 0 aliphatic heterocycles. The topological polar surface area (TPSA) is 28.4 Å². The van der Waals surface area contributed by atoms with Gasteiger partial charge in [0.25, 0.3) is 0 Å². The number of furan rings is 1. The van der Waals surface area contributed by atoms with E-state index in [-0.39, 0.29) is 5.82 Å². The van der Waals surface area contributed by atoms with E-state index in [4.69, 9.17) is 4.42 Å². The van der Waals surface area contributed by atoms with Crippen LogP contribution in [0.25, 0.3) is 0 Å². The highest BCUT2D eigenvalue weighted by molar-refractivity contribution is 5.45. The van der Waals surface area contributed by atoms with E-state index in [0.29, 0.717) is 6.54 Å². The van der Waals surface area contributed by atoms with Crippen LogP contribution in [0.15, 0.2) is 41.0 Å². The molecule has 0 aliphatic carbocycles. The number of rotatable bonds is 7. The highest BCUT2D eigenvalue weighted by Gasteiger charge is 2.06. The Morgan fingerprint density at radius 3 is 2.70 bits per heavy atom. The van der Waals surface area contributed by atoms with Gasteiger partial charge in [-0.05, 0) is 43.3 Å². The normalized spacial score (nSPS) is 10.8. The van der Waals surface area contributed by atoms with Crippen LogP contribution in [0.2, 0.25) is 0 Å². The smallest absolute Gasteiger partial charge is 0.123 e. The number of nitrogens with one attached hydrogen (secondary N) is 1. The van der Waals surface area contributed by atoms with E-state index >= 15 is 0 Å². The SMILES string of the molecule is CCCNCc1coc(CN(C)c2ccc(F)cc2)c1. The highest BCUT2D eigenvalue weighted by atomic mass is 19.1. The van der Waals surface area contributed by atoms with Crippen LogP contribution in [-0.4, -0.2) is 13.6 Å². The van der Waals surface area contributed by atoms with Crippen molar-refractivity contribution in [3.8, 4) is 0 Å². The van der Waals surface area contributed by atoms with Crippen LogP contribution in [0, 0.1) is 5.82 Å². The molecule has 1 N–H and O–H groups in total. The maximum Gasteiger partial charge on any atom is 0.123 e. The Labute approximate surface area is 119 Å². The predicted octanol–water partition coefficient (Wildman–Crippen LogP) is 3.55. The van der Waals surface area contributed by atoms with E-state index < -0.39 is 0 Å². The molecule has 0 aliphatic rings. The lowest BCUT2D eigenvalue weighted by Crippen LogP contribution is -2.16. The molecule has 1 heterocycles. The van der Waals surface area contributed by atoms with Crippen molar-refractivity contribution in [2.75, 3.05) is 18.5 Å². The van der Waals surface area contributed by atoms with Crippen molar-refractivity contribution >= 4 is 5.69 Å². The molecule has 108 valence electrons. The first-order valence-electron chi connectivity index (χ1n) is 6.92. The van der Waals surface area contributed by atoms with Crippen molar-refractivity contribution < 1.29 is 8.81 Å². The van der Waals surface area contributed by atoms with Crippen LogP contribution >= 0.6 is 0 Å². The van der Waals surface area contributed by atoms with Gasteiger partial charge in [-0.15, -0.1) is 0 Å². The lowest BCUT2D eigenvalue weighted by molar-refractivity contribution is 0.504. The van der Waals surface area contributed by atoms with Crippen LogP contribution < -0.4 is 10.2 Å². The molecule has 1 aromatic carbocycles. The second kappa shape index (κ2) is 7.10. The Morgan fingerprint density at radius 2 is 2.00 bits per heavy atom. The third kappa shape index (κ3) is 4.10. The quantitative estimate of drug-likeness (QED) is 0.784. The summed E-state index contributed by atoms with van der Waals surface area (Å²) in [6.07, 6.45) is 2.91. The number of hydrogen-bond donors (Lipinski definition) is 1. The Bertz CT molecular complexity index is 522. The van der Waals surface area contributed by atoms with Gasteiger partial charge in [-0.2, -0.15) is 0 Å². The number of halogens is 1. The molecule has 0 atom stereocenters. The summed E-state index contributed by atoms with van der Waals surface area (Å²) in [6, 6.07) is 8.52. The number of benzene rings is 1. The summed E-state index contributed by atoms with van der Waals surface area (Å²) in [6.45, 7) is 4.65. The van der Waals surface area contributed by atoms with Crippen LogP contribution in [0.5, 0.6) is 0 Å². The van der Waals surface area contributed by atoms with Crippen molar-refractivity contribution in [1.82, 2.24) is 5.32 Å². The van der Waals surface area contributed by atoms with Gasteiger partial charge in [0.15, 0.2) is 0 Å². The van der Waals surface area contributed by atoms with E-state index in [1.54, 1.807) is 18.4 Å². The molecule has 0 radical (unpaired) electrons. The fourth-order valence-electron chi connectivity index (χ4n) is 2.03. The summed E-state index contributed by atoms with van der Waals surface area (Å²) >= 11 is 0. The summed E-state index contributed by atoms with van der Waals surface area (Å²) in [4.78, 5) is 2.03. The molecule has 20 heavy (non-hydrogen) atoms. The molecule has 2 rings (SSSR count). The fraction of sp³-hybridized carbons (Fsp3) is 0.375. The first kappa shape index (κ1) is 14.6. The molecule has 0 bridgehead atoms. The lowest BCUT2D eigenvalue weighted by Gasteiger charge is -2.17. The van der Waals surface area contributed by atoms with Crippen LogP contribution in [0.4, 0.5) is 10.1 Å². The van der Waals surface area contributed by atoms with Crippen molar-refractivity contribution in [2.24, 2.45) is 0 Å². The largest absolute Gasteiger partial charge is 0.467 e. The zero-order valence-corrected chi connectivity index (χ0v) is 12.0. The maximum atomic E-state index is 12.9. The summed E-state index contributed by atoms with van der Waals surface area (Å²) in [5, 5.41) is 3.34. The van der Waals surface area contributed by atoms with Gasteiger partial charge < -0.3 is 14.6 Å². The van der Waals surface area contributed by atoms with Gasteiger partial charge in [0.05, 0.1) is 12.8 Å². The van der Waals surface area contributed by atoms with Crippen molar-refractivity contribution in [3.05, 3.63) is 53.7 Å². The van der Waals surface area contributed by atoms with Crippen molar-refractivity contribution in [2.45, 2.75) is 26.4 Å². The fourth-order valence-corrected chi connectivity index (χ4v) is 2.03. The lowest BCUT2D eigenvalue weighted by atomic mass is 10.2. The first-order valence-corrected chi connectivity index (χ1v) is 6.92. The molecule has 0 spiro atoms. The van der Waals surface area contributed by atoms with Crippen LogP contribution in [0.3, 0.4) is 0 Å². The minimum absolute atomic E-state index is 0.218. The Balaban J connectivity index is 1.91. The van der Waals surface area contributed by atoms with Gasteiger partial charge in [-0.3, -0.25) is 0 Å². The predicted molar refractivity (Wildman–Crippen MR) is 79.2 cm³/mol. The van der Waals surface area contributed by atoms with E-state index in [2.05, 4.69) is 18.3 Å². The van der Waals surface area contributed by atoms with E-state index in [9.17, 15) is 4.39 Å². The van der Waals surface area contributed by atoms with Crippen molar-refractivity contribution in [1.29, 1.82) is 0 Å². The zero-order valence-electron chi connectivity index (χ0n) is 12.0. The van der Waals surface area contributed by atoms with Gasteiger partial charge in [-0.1, -0.05) is 6.92 Å². The molecular weight excluding hydrogens is 255 g/mol. The van der Waals surface area contributed by atoms with Gasteiger partial charge in [0, 0.05) is 24.8 Å². The van der Waals surface area contributed by atoms with Gasteiger partial charge in [0.2, 0.25) is 0 Å². The Kier molecular flexibility index (Phi) is 5.18. The summed E-state index contributed by atoms with van der Waals surface area (Å²) < 4.78 is 18.4. The summed E-state index contributed by atoms with van der Waals surface area (Å²) in [7, 11) is 1.96. The molecule has 0 fully saturated rings. The van der Waals surface area contributed by atoms with Crippen LogP contribution in [0.1, 0.15) is 24.7 Å². The number of nitrogens with zero attached hydrogens (tertiary/aromatic N) is 1. The minimum atomic E-state index is -0.218. The van der Waals surface area contributed by atoms with E-state index in [1.807, 2.05) is 11.9 Å². The molecule has 4 heteroatoms. The molecule has 1 aromatic heterocycles. The van der Waals surface area contributed by atoms with Gasteiger partial charge >= 0.3 is 0 Å². The molecule has 0 saturated carbocycles. The van der Waals surface area contributed by atoms with Crippen LogP contribution in [-0.2, 0) is 13.1 Å². The molecule has 0 unspecified atom stereocenters. The van der Waals surface area contributed by atoms with Crippen molar-refractivity contribution in [3.63, 3.8) is 0 Å². The molecule has 2 aromatic rings. The Hall–Kier alpha value is -1.81. The van der Waals surface area contributed by atoms with Gasteiger partial charge in [-0.25, -0.2) is 4.39 Å². The third-order valence-electron chi connectivity index (χ3n) is 3.12.